The van der Waals surface area contributed by atoms with Gasteiger partial charge < -0.3 is 15.0 Å². The summed E-state index contributed by atoms with van der Waals surface area (Å²) in [5.74, 6) is -5.34. The molecule has 1 aromatic rings. The zero-order valence-corrected chi connectivity index (χ0v) is 19.9. The number of alkyl carbamates (subject to hydrolysis) is 1. The number of nitrogens with zero attached hydrogens (tertiary/aromatic N) is 2. The van der Waals surface area contributed by atoms with Gasteiger partial charge >= 0.3 is 6.09 Å². The van der Waals surface area contributed by atoms with E-state index in [-0.39, 0.29) is 66.1 Å². The average Bonchev–Trinajstić information content (AvgIpc) is 3.31. The number of carbonyl (C=O) groups is 4. The van der Waals surface area contributed by atoms with E-state index in [2.05, 4.69) is 10.6 Å². The van der Waals surface area contributed by atoms with Gasteiger partial charge in [0.1, 0.15) is 18.5 Å². The van der Waals surface area contributed by atoms with Crippen LogP contribution in [0.3, 0.4) is 0 Å². The van der Waals surface area contributed by atoms with E-state index in [1.165, 1.54) is 11.0 Å². The Balaban J connectivity index is 1.17. The molecule has 1 unspecified atom stereocenters. The number of hydrogen-bond donors (Lipinski definition) is 2. The Morgan fingerprint density at radius 2 is 2.03 bits per heavy atom. The summed E-state index contributed by atoms with van der Waals surface area (Å²) in [4.78, 5) is 51.7. The quantitative estimate of drug-likeness (QED) is 0.568. The lowest BCUT2D eigenvalue weighted by Crippen LogP contribution is -2.53. The molecule has 1 atom stereocenters. The number of alkyl halides is 2. The van der Waals surface area contributed by atoms with E-state index in [1.54, 1.807) is 4.90 Å². The summed E-state index contributed by atoms with van der Waals surface area (Å²) >= 11 is 6.29. The van der Waals surface area contributed by atoms with Crippen LogP contribution < -0.4 is 10.6 Å². The van der Waals surface area contributed by atoms with Gasteiger partial charge in [-0.05, 0) is 25.3 Å². The summed E-state index contributed by atoms with van der Waals surface area (Å²) in [7, 11) is 0. The van der Waals surface area contributed by atoms with Crippen LogP contribution in [0.5, 0.6) is 0 Å². The number of imide groups is 1. The Morgan fingerprint density at radius 1 is 1.28 bits per heavy atom. The van der Waals surface area contributed by atoms with Gasteiger partial charge in [0.25, 0.3) is 11.8 Å². The highest BCUT2D eigenvalue weighted by molar-refractivity contribution is 6.32. The summed E-state index contributed by atoms with van der Waals surface area (Å²) in [5, 5.41) is 4.91. The number of piperidine rings is 1. The van der Waals surface area contributed by atoms with Gasteiger partial charge in [0.2, 0.25) is 11.8 Å². The van der Waals surface area contributed by atoms with Crippen molar-refractivity contribution in [1.82, 2.24) is 20.4 Å². The molecule has 4 amide bonds. The number of likely N-dealkylation sites (tertiary alicyclic amines) is 1. The number of carbonyl (C=O) groups excluding carboxylic acids is 4. The molecule has 1 aliphatic carbocycles. The Bertz CT molecular complexity index is 1140. The fraction of sp³-hybridized carbons (Fsp3) is 0.565. The van der Waals surface area contributed by atoms with Gasteiger partial charge in [0.05, 0.1) is 12.1 Å². The SMILES string of the molecule is O=C1CCC(N2Cc3c(Cl)cc(COC(=O)NC4CC(N5CCC(F)(F)C5)C4)c(F)c3C2=O)C(=O)N1. The third-order valence-corrected chi connectivity index (χ3v) is 7.63. The van der Waals surface area contributed by atoms with Crippen LogP contribution in [0.4, 0.5) is 18.0 Å². The lowest BCUT2D eigenvalue weighted by Gasteiger charge is -2.41. The number of fused-ring (bicyclic) bond motifs is 1. The number of rotatable bonds is 5. The maximum atomic E-state index is 15.2. The average molecular weight is 529 g/mol. The summed E-state index contributed by atoms with van der Waals surface area (Å²) in [5.41, 5.74) is -0.154. The topological polar surface area (TPSA) is 108 Å². The number of amides is 4. The zero-order chi connectivity index (χ0) is 25.8. The van der Waals surface area contributed by atoms with Crippen LogP contribution in [0.2, 0.25) is 5.02 Å². The minimum atomic E-state index is -2.67. The number of benzene rings is 1. The molecule has 0 spiro atoms. The fourth-order valence-corrected chi connectivity index (χ4v) is 5.53. The van der Waals surface area contributed by atoms with Crippen LogP contribution in [0.1, 0.15) is 53.6 Å². The van der Waals surface area contributed by atoms with E-state index in [0.29, 0.717) is 19.4 Å². The first-order valence-electron chi connectivity index (χ1n) is 11.7. The number of nitrogens with one attached hydrogen (secondary N) is 2. The molecule has 194 valence electrons. The van der Waals surface area contributed by atoms with Crippen molar-refractivity contribution >= 4 is 35.4 Å². The van der Waals surface area contributed by atoms with Crippen molar-refractivity contribution < 1.29 is 37.1 Å². The van der Waals surface area contributed by atoms with E-state index in [9.17, 15) is 28.0 Å². The number of hydrogen-bond acceptors (Lipinski definition) is 6. The Kier molecular flexibility index (Phi) is 6.36. The molecule has 1 saturated carbocycles. The predicted molar refractivity (Wildman–Crippen MR) is 119 cm³/mol. The standard InChI is InChI=1S/C23H24ClF3N4O5/c24-15-5-11(9-36-22(35)28-12-6-13(7-12)30-4-3-23(26,27)10-30)19(25)18-14(15)8-31(21(18)34)16-1-2-17(32)29-20(16)33/h5,12-13,16H,1-4,6-10H2,(H,28,35)(H,29,32,33). The number of halogens is 4. The van der Waals surface area contributed by atoms with Crippen molar-refractivity contribution in [1.29, 1.82) is 0 Å². The first-order valence-corrected chi connectivity index (χ1v) is 12.1. The van der Waals surface area contributed by atoms with E-state index >= 15 is 4.39 Å². The van der Waals surface area contributed by atoms with Crippen molar-refractivity contribution in [3.05, 3.63) is 33.6 Å². The molecule has 3 fully saturated rings. The molecular weight excluding hydrogens is 505 g/mol. The second-order valence-electron chi connectivity index (χ2n) is 9.70. The van der Waals surface area contributed by atoms with Crippen LogP contribution in [0.15, 0.2) is 6.07 Å². The molecule has 0 aromatic heterocycles. The van der Waals surface area contributed by atoms with Crippen molar-refractivity contribution in [2.24, 2.45) is 0 Å². The Hall–Kier alpha value is -2.86. The second-order valence-corrected chi connectivity index (χ2v) is 10.1. The highest BCUT2D eigenvalue weighted by Gasteiger charge is 2.45. The van der Waals surface area contributed by atoms with Gasteiger partial charge in [-0.3, -0.25) is 24.6 Å². The molecular formula is C23H24ClF3N4O5. The van der Waals surface area contributed by atoms with Gasteiger partial charge in [-0.25, -0.2) is 18.0 Å². The zero-order valence-electron chi connectivity index (χ0n) is 19.1. The van der Waals surface area contributed by atoms with Crippen LogP contribution in [0, 0.1) is 5.82 Å². The van der Waals surface area contributed by atoms with Crippen molar-refractivity contribution in [2.75, 3.05) is 13.1 Å². The van der Waals surface area contributed by atoms with Crippen molar-refractivity contribution in [3.8, 4) is 0 Å². The molecule has 9 nitrogen and oxygen atoms in total. The third kappa shape index (κ3) is 4.63. The third-order valence-electron chi connectivity index (χ3n) is 7.29. The fourth-order valence-electron chi connectivity index (χ4n) is 5.24. The molecule has 4 aliphatic rings. The molecule has 13 heteroatoms. The van der Waals surface area contributed by atoms with E-state index in [1.807, 2.05) is 0 Å². The molecule has 3 aliphatic heterocycles. The molecule has 36 heavy (non-hydrogen) atoms. The lowest BCUT2D eigenvalue weighted by atomic mass is 9.86. The van der Waals surface area contributed by atoms with E-state index < -0.39 is 48.2 Å². The van der Waals surface area contributed by atoms with Crippen molar-refractivity contribution in [3.63, 3.8) is 0 Å². The van der Waals surface area contributed by atoms with Gasteiger partial charge in [0, 0.05) is 54.2 Å². The summed E-state index contributed by atoms with van der Waals surface area (Å²) in [6.07, 6.45) is 0.281. The highest BCUT2D eigenvalue weighted by atomic mass is 35.5. The van der Waals surface area contributed by atoms with Crippen LogP contribution in [0.25, 0.3) is 0 Å². The molecule has 3 heterocycles. The van der Waals surface area contributed by atoms with Gasteiger partial charge in [-0.15, -0.1) is 0 Å². The monoisotopic (exact) mass is 528 g/mol. The van der Waals surface area contributed by atoms with E-state index in [4.69, 9.17) is 16.3 Å². The van der Waals surface area contributed by atoms with Gasteiger partial charge in [-0.2, -0.15) is 0 Å². The molecule has 0 radical (unpaired) electrons. The van der Waals surface area contributed by atoms with Gasteiger partial charge in [-0.1, -0.05) is 11.6 Å². The first kappa shape index (κ1) is 24.8. The second kappa shape index (κ2) is 9.22. The smallest absolute Gasteiger partial charge is 0.407 e. The van der Waals surface area contributed by atoms with Crippen LogP contribution in [-0.4, -0.2) is 70.8 Å². The summed E-state index contributed by atoms with van der Waals surface area (Å²) in [6, 6.07) is 0.113. The predicted octanol–water partition coefficient (Wildman–Crippen LogP) is 2.34. The maximum Gasteiger partial charge on any atom is 0.407 e. The molecule has 5 rings (SSSR count). The number of ether oxygens (including phenoxy) is 1. The maximum absolute atomic E-state index is 15.2. The normalized spacial score (nSPS) is 27.5. The van der Waals surface area contributed by atoms with E-state index in [0.717, 1.165) is 0 Å². The van der Waals surface area contributed by atoms with Crippen LogP contribution in [-0.2, 0) is 27.5 Å². The van der Waals surface area contributed by atoms with Gasteiger partial charge in [0.15, 0.2) is 0 Å². The minimum absolute atomic E-state index is 0.0186. The minimum Gasteiger partial charge on any atom is -0.445 e. The first-order chi connectivity index (χ1) is 17.0. The summed E-state index contributed by atoms with van der Waals surface area (Å²) < 4.78 is 47.1. The molecule has 2 saturated heterocycles. The molecule has 2 N–H and O–H groups in total. The largest absolute Gasteiger partial charge is 0.445 e. The molecule has 1 aromatic carbocycles. The lowest BCUT2D eigenvalue weighted by molar-refractivity contribution is -0.136. The summed E-state index contributed by atoms with van der Waals surface area (Å²) in [6.45, 7) is -0.506. The van der Waals surface area contributed by atoms with Crippen LogP contribution >= 0.6 is 11.6 Å². The highest BCUT2D eigenvalue weighted by Crippen LogP contribution is 2.36. The van der Waals surface area contributed by atoms with Crippen molar-refractivity contribution in [2.45, 2.75) is 69.3 Å². The Labute approximate surface area is 209 Å². The Morgan fingerprint density at radius 3 is 2.69 bits per heavy atom. The molecule has 0 bridgehead atoms.